The number of amides is 1. The van der Waals surface area contributed by atoms with E-state index in [2.05, 4.69) is 5.32 Å². The third-order valence-corrected chi connectivity index (χ3v) is 4.34. The van der Waals surface area contributed by atoms with Crippen molar-refractivity contribution < 1.29 is 27.4 Å². The van der Waals surface area contributed by atoms with Crippen LogP contribution in [0.2, 0.25) is 0 Å². The molecule has 0 bridgehead atoms. The average molecular weight is 401 g/mol. The highest BCUT2D eigenvalue weighted by Crippen LogP contribution is 2.32. The van der Waals surface area contributed by atoms with Gasteiger partial charge in [-0.25, -0.2) is 0 Å². The SMILES string of the molecule is COc1ccc(-c2cc(OC)ccc2C(=O)Nc2ccc(C(F)(F)F)cc2)cc1. The molecular weight excluding hydrogens is 383 g/mol. The number of anilines is 1. The smallest absolute Gasteiger partial charge is 0.416 e. The van der Waals surface area contributed by atoms with Crippen molar-refractivity contribution in [2.75, 3.05) is 19.5 Å². The van der Waals surface area contributed by atoms with Gasteiger partial charge >= 0.3 is 6.18 Å². The molecule has 0 aliphatic carbocycles. The lowest BCUT2D eigenvalue weighted by Crippen LogP contribution is -2.13. The molecule has 3 aromatic rings. The molecular formula is C22H18F3NO3. The number of ether oxygens (including phenoxy) is 2. The van der Waals surface area contributed by atoms with Crippen molar-refractivity contribution in [2.45, 2.75) is 6.18 Å². The number of rotatable bonds is 5. The van der Waals surface area contributed by atoms with E-state index in [1.54, 1.807) is 37.4 Å². The van der Waals surface area contributed by atoms with Crippen LogP contribution in [0.1, 0.15) is 15.9 Å². The molecule has 0 spiro atoms. The monoisotopic (exact) mass is 401 g/mol. The van der Waals surface area contributed by atoms with Crippen molar-refractivity contribution in [3.63, 3.8) is 0 Å². The number of hydrogen-bond donors (Lipinski definition) is 1. The Hall–Kier alpha value is -3.48. The molecule has 3 rings (SSSR count). The number of methoxy groups -OCH3 is 2. The highest BCUT2D eigenvalue weighted by Gasteiger charge is 2.30. The highest BCUT2D eigenvalue weighted by molar-refractivity contribution is 6.09. The zero-order valence-electron chi connectivity index (χ0n) is 15.7. The average Bonchev–Trinajstić information content (AvgIpc) is 2.73. The summed E-state index contributed by atoms with van der Waals surface area (Å²) in [6.45, 7) is 0. The molecule has 0 aliphatic rings. The van der Waals surface area contributed by atoms with E-state index in [0.29, 0.717) is 22.6 Å². The van der Waals surface area contributed by atoms with Gasteiger partial charge in [0.2, 0.25) is 0 Å². The lowest BCUT2D eigenvalue weighted by atomic mass is 9.98. The normalized spacial score (nSPS) is 11.1. The number of halogens is 3. The van der Waals surface area contributed by atoms with E-state index in [1.165, 1.54) is 19.2 Å². The van der Waals surface area contributed by atoms with Crippen molar-refractivity contribution in [1.29, 1.82) is 0 Å². The van der Waals surface area contributed by atoms with E-state index in [9.17, 15) is 18.0 Å². The van der Waals surface area contributed by atoms with Gasteiger partial charge in [0.25, 0.3) is 5.91 Å². The second kappa shape index (κ2) is 8.26. The van der Waals surface area contributed by atoms with E-state index in [1.807, 2.05) is 12.1 Å². The van der Waals surface area contributed by atoms with Gasteiger partial charge in [-0.15, -0.1) is 0 Å². The van der Waals surface area contributed by atoms with Gasteiger partial charge in [-0.3, -0.25) is 4.79 Å². The van der Waals surface area contributed by atoms with Gasteiger partial charge < -0.3 is 14.8 Å². The minimum atomic E-state index is -4.43. The molecule has 3 aromatic carbocycles. The van der Waals surface area contributed by atoms with Gasteiger partial charge in [0.15, 0.2) is 0 Å². The summed E-state index contributed by atoms with van der Waals surface area (Å²) >= 11 is 0. The number of nitrogens with one attached hydrogen (secondary N) is 1. The molecule has 0 saturated heterocycles. The standard InChI is InChI=1S/C22H18F3NO3/c1-28-17-9-3-14(4-10-17)20-13-18(29-2)11-12-19(20)21(27)26-16-7-5-15(6-8-16)22(23,24)25/h3-13H,1-2H3,(H,26,27). The zero-order chi connectivity index (χ0) is 21.0. The molecule has 150 valence electrons. The van der Waals surface area contributed by atoms with Crippen LogP contribution < -0.4 is 14.8 Å². The molecule has 29 heavy (non-hydrogen) atoms. The number of hydrogen-bond acceptors (Lipinski definition) is 3. The Morgan fingerprint density at radius 2 is 1.41 bits per heavy atom. The third-order valence-electron chi connectivity index (χ3n) is 4.34. The minimum absolute atomic E-state index is 0.263. The van der Waals surface area contributed by atoms with Gasteiger partial charge in [0, 0.05) is 11.3 Å². The summed E-state index contributed by atoms with van der Waals surface area (Å²) in [6.07, 6.45) is -4.43. The molecule has 0 aliphatic heterocycles. The largest absolute Gasteiger partial charge is 0.497 e. The molecule has 0 heterocycles. The summed E-state index contributed by atoms with van der Waals surface area (Å²) in [6, 6.07) is 16.4. The van der Waals surface area contributed by atoms with Crippen LogP contribution in [0.15, 0.2) is 66.7 Å². The van der Waals surface area contributed by atoms with Crippen LogP contribution in [0, 0.1) is 0 Å². The van der Waals surface area contributed by atoms with E-state index in [0.717, 1.165) is 17.7 Å². The molecule has 0 saturated carbocycles. The first kappa shape index (κ1) is 20.3. The summed E-state index contributed by atoms with van der Waals surface area (Å²) < 4.78 is 48.5. The van der Waals surface area contributed by atoms with E-state index >= 15 is 0 Å². The van der Waals surface area contributed by atoms with Gasteiger partial charge in [0.1, 0.15) is 11.5 Å². The van der Waals surface area contributed by atoms with Crippen LogP contribution >= 0.6 is 0 Å². The van der Waals surface area contributed by atoms with Gasteiger partial charge in [0.05, 0.1) is 19.8 Å². The fraction of sp³-hybridized carbons (Fsp3) is 0.136. The predicted molar refractivity (Wildman–Crippen MR) is 104 cm³/mol. The molecule has 1 N–H and O–H groups in total. The van der Waals surface area contributed by atoms with Crippen molar-refractivity contribution >= 4 is 11.6 Å². The molecule has 4 nitrogen and oxygen atoms in total. The lowest BCUT2D eigenvalue weighted by Gasteiger charge is -2.13. The summed E-state index contributed by atoms with van der Waals surface area (Å²) in [4.78, 5) is 12.8. The third kappa shape index (κ3) is 4.68. The zero-order valence-corrected chi connectivity index (χ0v) is 15.7. The Labute approximate surface area is 165 Å². The van der Waals surface area contributed by atoms with Crippen LogP contribution in [0.5, 0.6) is 11.5 Å². The molecule has 0 fully saturated rings. The molecule has 0 unspecified atom stereocenters. The Morgan fingerprint density at radius 1 is 0.828 bits per heavy atom. The number of alkyl halides is 3. The number of carbonyl (C=O) groups is 1. The van der Waals surface area contributed by atoms with E-state index in [4.69, 9.17) is 9.47 Å². The molecule has 0 aromatic heterocycles. The quantitative estimate of drug-likeness (QED) is 0.602. The van der Waals surface area contributed by atoms with Crippen molar-refractivity contribution in [3.8, 4) is 22.6 Å². The molecule has 0 atom stereocenters. The van der Waals surface area contributed by atoms with Crippen LogP contribution in [-0.4, -0.2) is 20.1 Å². The van der Waals surface area contributed by atoms with Gasteiger partial charge in [-0.05, 0) is 65.7 Å². The molecule has 7 heteroatoms. The molecule has 1 amide bonds. The van der Waals surface area contributed by atoms with E-state index < -0.39 is 17.6 Å². The fourth-order valence-corrected chi connectivity index (χ4v) is 2.80. The predicted octanol–water partition coefficient (Wildman–Crippen LogP) is 5.64. The van der Waals surface area contributed by atoms with Gasteiger partial charge in [-0.2, -0.15) is 13.2 Å². The first-order valence-electron chi connectivity index (χ1n) is 8.63. The summed E-state index contributed by atoms with van der Waals surface area (Å²) in [5.41, 5.74) is 1.23. The number of carbonyl (C=O) groups excluding carboxylic acids is 1. The Morgan fingerprint density at radius 3 is 1.97 bits per heavy atom. The first-order valence-corrected chi connectivity index (χ1v) is 8.63. The van der Waals surface area contributed by atoms with Crippen LogP contribution in [0.4, 0.5) is 18.9 Å². The maximum atomic E-state index is 12.8. The second-order valence-electron chi connectivity index (χ2n) is 6.17. The van der Waals surface area contributed by atoms with Gasteiger partial charge in [-0.1, -0.05) is 12.1 Å². The molecule has 0 radical (unpaired) electrons. The minimum Gasteiger partial charge on any atom is -0.497 e. The van der Waals surface area contributed by atoms with E-state index in [-0.39, 0.29) is 5.69 Å². The maximum Gasteiger partial charge on any atom is 0.416 e. The Balaban J connectivity index is 1.91. The fourth-order valence-electron chi connectivity index (χ4n) is 2.80. The van der Waals surface area contributed by atoms with Crippen LogP contribution in [-0.2, 0) is 6.18 Å². The summed E-state index contributed by atoms with van der Waals surface area (Å²) in [5, 5.41) is 2.64. The summed E-state index contributed by atoms with van der Waals surface area (Å²) in [7, 11) is 3.08. The van der Waals surface area contributed by atoms with Crippen LogP contribution in [0.25, 0.3) is 11.1 Å². The first-order chi connectivity index (χ1) is 13.8. The summed E-state index contributed by atoms with van der Waals surface area (Å²) in [5.74, 6) is 0.799. The lowest BCUT2D eigenvalue weighted by molar-refractivity contribution is -0.137. The maximum absolute atomic E-state index is 12.8. The second-order valence-corrected chi connectivity index (χ2v) is 6.17. The van der Waals surface area contributed by atoms with Crippen molar-refractivity contribution in [3.05, 3.63) is 77.9 Å². The van der Waals surface area contributed by atoms with Crippen molar-refractivity contribution in [2.24, 2.45) is 0 Å². The number of benzene rings is 3. The van der Waals surface area contributed by atoms with Crippen LogP contribution in [0.3, 0.4) is 0 Å². The van der Waals surface area contributed by atoms with Crippen molar-refractivity contribution in [1.82, 2.24) is 0 Å². The highest BCUT2D eigenvalue weighted by atomic mass is 19.4. The Bertz CT molecular complexity index is 997. The Kier molecular flexibility index (Phi) is 5.77. The topological polar surface area (TPSA) is 47.6 Å².